The van der Waals surface area contributed by atoms with E-state index < -0.39 is 0 Å². The lowest BCUT2D eigenvalue weighted by Crippen LogP contribution is -2.14. The summed E-state index contributed by atoms with van der Waals surface area (Å²) < 4.78 is 0. The van der Waals surface area contributed by atoms with E-state index in [0.29, 0.717) is 0 Å². The Labute approximate surface area is 129 Å². The standard InChI is InChI=1S/C19H28N2/c1-16(2)7-5-3-4-6-11-20-14-17-8-9-19-15-21-12-10-18(19)13-17/h8-10,12-13,15-16,20H,3-7,11,14H2,1-2H3. The van der Waals surface area contributed by atoms with Crippen LogP contribution in [-0.2, 0) is 6.54 Å². The molecule has 0 unspecified atom stereocenters. The minimum Gasteiger partial charge on any atom is -0.313 e. The quantitative estimate of drug-likeness (QED) is 0.660. The van der Waals surface area contributed by atoms with Crippen molar-refractivity contribution in [3.63, 3.8) is 0 Å². The number of nitrogens with zero attached hydrogens (tertiary/aromatic N) is 1. The molecule has 2 aromatic rings. The summed E-state index contributed by atoms with van der Waals surface area (Å²) in [5.74, 6) is 0.853. The van der Waals surface area contributed by atoms with Crippen molar-refractivity contribution in [1.29, 1.82) is 0 Å². The maximum Gasteiger partial charge on any atom is 0.0346 e. The molecule has 2 heteroatoms. The molecule has 0 amide bonds. The van der Waals surface area contributed by atoms with Gasteiger partial charge < -0.3 is 5.32 Å². The van der Waals surface area contributed by atoms with Crippen LogP contribution in [0.1, 0.15) is 51.5 Å². The molecular formula is C19H28N2. The fraction of sp³-hybridized carbons (Fsp3) is 0.526. The number of fused-ring (bicyclic) bond motifs is 1. The normalized spacial score (nSPS) is 11.4. The smallest absolute Gasteiger partial charge is 0.0346 e. The highest BCUT2D eigenvalue weighted by atomic mass is 14.8. The van der Waals surface area contributed by atoms with Gasteiger partial charge in [0.15, 0.2) is 0 Å². The Morgan fingerprint density at radius 3 is 2.71 bits per heavy atom. The van der Waals surface area contributed by atoms with Crippen LogP contribution in [0.25, 0.3) is 10.8 Å². The SMILES string of the molecule is CC(C)CCCCCCNCc1ccc2cnccc2c1. The highest BCUT2D eigenvalue weighted by Crippen LogP contribution is 2.14. The monoisotopic (exact) mass is 284 g/mol. The van der Waals surface area contributed by atoms with Crippen LogP contribution in [0.5, 0.6) is 0 Å². The Bertz CT molecular complexity index is 534. The Hall–Kier alpha value is -1.41. The molecular weight excluding hydrogens is 256 g/mol. The second-order valence-electron chi connectivity index (χ2n) is 6.33. The van der Waals surface area contributed by atoms with Crippen molar-refractivity contribution in [1.82, 2.24) is 10.3 Å². The summed E-state index contributed by atoms with van der Waals surface area (Å²) in [6.45, 7) is 6.70. The zero-order valence-electron chi connectivity index (χ0n) is 13.4. The number of benzene rings is 1. The van der Waals surface area contributed by atoms with Crippen LogP contribution >= 0.6 is 0 Å². The summed E-state index contributed by atoms with van der Waals surface area (Å²) in [4.78, 5) is 4.15. The molecule has 2 rings (SSSR count). The Morgan fingerprint density at radius 1 is 1.00 bits per heavy atom. The van der Waals surface area contributed by atoms with Gasteiger partial charge >= 0.3 is 0 Å². The second kappa shape index (κ2) is 8.78. The molecule has 21 heavy (non-hydrogen) atoms. The highest BCUT2D eigenvalue weighted by Gasteiger charge is 1.97. The zero-order valence-corrected chi connectivity index (χ0v) is 13.4. The first kappa shape index (κ1) is 16.0. The van der Waals surface area contributed by atoms with Gasteiger partial charge in [0.25, 0.3) is 0 Å². The number of hydrogen-bond acceptors (Lipinski definition) is 2. The van der Waals surface area contributed by atoms with E-state index >= 15 is 0 Å². The molecule has 1 heterocycles. The van der Waals surface area contributed by atoms with E-state index in [1.807, 2.05) is 12.4 Å². The van der Waals surface area contributed by atoms with Crippen LogP contribution in [0.2, 0.25) is 0 Å². The summed E-state index contributed by atoms with van der Waals surface area (Å²) in [6.07, 6.45) is 10.6. The molecule has 0 bridgehead atoms. The minimum atomic E-state index is 0.853. The molecule has 0 radical (unpaired) electrons. The van der Waals surface area contributed by atoms with Gasteiger partial charge in [-0.15, -0.1) is 0 Å². The first-order chi connectivity index (χ1) is 10.3. The third-order valence-electron chi connectivity index (χ3n) is 3.92. The number of nitrogens with one attached hydrogen (secondary N) is 1. The molecule has 114 valence electrons. The van der Waals surface area contributed by atoms with E-state index in [1.54, 1.807) is 0 Å². The largest absolute Gasteiger partial charge is 0.313 e. The van der Waals surface area contributed by atoms with Crippen molar-refractivity contribution in [2.45, 2.75) is 52.5 Å². The van der Waals surface area contributed by atoms with Gasteiger partial charge in [-0.1, -0.05) is 51.7 Å². The molecule has 2 nitrogen and oxygen atoms in total. The average Bonchev–Trinajstić information content (AvgIpc) is 2.49. The van der Waals surface area contributed by atoms with Crippen molar-refractivity contribution < 1.29 is 0 Å². The van der Waals surface area contributed by atoms with Gasteiger partial charge in [0.1, 0.15) is 0 Å². The first-order valence-corrected chi connectivity index (χ1v) is 8.29. The van der Waals surface area contributed by atoms with Crippen molar-refractivity contribution in [2.24, 2.45) is 5.92 Å². The molecule has 0 fully saturated rings. The van der Waals surface area contributed by atoms with Gasteiger partial charge in [-0.2, -0.15) is 0 Å². The van der Waals surface area contributed by atoms with Crippen LogP contribution in [0.15, 0.2) is 36.7 Å². The van der Waals surface area contributed by atoms with Gasteiger partial charge in [0.2, 0.25) is 0 Å². The summed E-state index contributed by atoms with van der Waals surface area (Å²) >= 11 is 0. The summed E-state index contributed by atoms with van der Waals surface area (Å²) in [6, 6.07) is 8.69. The second-order valence-corrected chi connectivity index (χ2v) is 6.33. The average molecular weight is 284 g/mol. The lowest BCUT2D eigenvalue weighted by atomic mass is 10.0. The van der Waals surface area contributed by atoms with E-state index in [1.165, 1.54) is 48.4 Å². The van der Waals surface area contributed by atoms with Gasteiger partial charge in [0, 0.05) is 24.3 Å². The van der Waals surface area contributed by atoms with Gasteiger partial charge in [-0.25, -0.2) is 0 Å². The molecule has 0 saturated carbocycles. The maximum atomic E-state index is 4.15. The van der Waals surface area contributed by atoms with E-state index in [0.717, 1.165) is 19.0 Å². The number of aromatic nitrogens is 1. The lowest BCUT2D eigenvalue weighted by molar-refractivity contribution is 0.512. The van der Waals surface area contributed by atoms with Gasteiger partial charge in [-0.05, 0) is 42.0 Å². The summed E-state index contributed by atoms with van der Waals surface area (Å²) in [5, 5.41) is 6.04. The minimum absolute atomic E-state index is 0.853. The Kier molecular flexibility index (Phi) is 6.68. The molecule has 0 aliphatic rings. The van der Waals surface area contributed by atoms with Crippen LogP contribution in [0.4, 0.5) is 0 Å². The first-order valence-electron chi connectivity index (χ1n) is 8.29. The third-order valence-corrected chi connectivity index (χ3v) is 3.92. The van der Waals surface area contributed by atoms with Crippen LogP contribution in [-0.4, -0.2) is 11.5 Å². The summed E-state index contributed by atoms with van der Waals surface area (Å²) in [5.41, 5.74) is 1.36. The molecule has 0 saturated heterocycles. The van der Waals surface area contributed by atoms with Crippen LogP contribution < -0.4 is 5.32 Å². The molecule has 0 aliphatic heterocycles. The fourth-order valence-corrected chi connectivity index (χ4v) is 2.63. The van der Waals surface area contributed by atoms with Crippen LogP contribution in [0.3, 0.4) is 0 Å². The van der Waals surface area contributed by atoms with E-state index in [2.05, 4.69) is 48.4 Å². The molecule has 0 aliphatic carbocycles. The number of hydrogen-bond donors (Lipinski definition) is 1. The molecule has 0 atom stereocenters. The molecule has 1 aromatic heterocycles. The molecule has 1 aromatic carbocycles. The van der Waals surface area contributed by atoms with Crippen molar-refractivity contribution in [2.75, 3.05) is 6.54 Å². The highest BCUT2D eigenvalue weighted by molar-refractivity contribution is 5.81. The topological polar surface area (TPSA) is 24.9 Å². The van der Waals surface area contributed by atoms with Gasteiger partial charge in [0.05, 0.1) is 0 Å². The number of unbranched alkanes of at least 4 members (excludes halogenated alkanes) is 3. The maximum absolute atomic E-state index is 4.15. The Balaban J connectivity index is 1.61. The van der Waals surface area contributed by atoms with E-state index in [-0.39, 0.29) is 0 Å². The lowest BCUT2D eigenvalue weighted by Gasteiger charge is -2.07. The van der Waals surface area contributed by atoms with Crippen molar-refractivity contribution >= 4 is 10.8 Å². The molecule has 0 spiro atoms. The van der Waals surface area contributed by atoms with Crippen molar-refractivity contribution in [3.05, 3.63) is 42.2 Å². The van der Waals surface area contributed by atoms with Gasteiger partial charge in [-0.3, -0.25) is 4.98 Å². The number of pyridine rings is 1. The predicted octanol–water partition coefficient (Wildman–Crippen LogP) is 4.93. The van der Waals surface area contributed by atoms with Crippen LogP contribution in [0, 0.1) is 5.92 Å². The third kappa shape index (κ3) is 5.84. The van der Waals surface area contributed by atoms with E-state index in [4.69, 9.17) is 0 Å². The van der Waals surface area contributed by atoms with E-state index in [9.17, 15) is 0 Å². The fourth-order valence-electron chi connectivity index (χ4n) is 2.63. The Morgan fingerprint density at radius 2 is 1.86 bits per heavy atom. The van der Waals surface area contributed by atoms with Crippen molar-refractivity contribution in [3.8, 4) is 0 Å². The summed E-state index contributed by atoms with van der Waals surface area (Å²) in [7, 11) is 0. The number of rotatable bonds is 9. The molecule has 1 N–H and O–H groups in total. The predicted molar refractivity (Wildman–Crippen MR) is 91.4 cm³/mol. The zero-order chi connectivity index (χ0) is 14.9.